The van der Waals surface area contributed by atoms with Crippen LogP contribution in [0.15, 0.2) is 18.2 Å². The lowest BCUT2D eigenvalue weighted by atomic mass is 9.79. The summed E-state index contributed by atoms with van der Waals surface area (Å²) in [6.45, 7) is 0. The van der Waals surface area contributed by atoms with Crippen LogP contribution in [-0.4, -0.2) is 33.2 Å². The second-order valence-corrected chi connectivity index (χ2v) is 2.71. The minimum Gasteiger partial charge on any atom is -0.477 e. The number of nitro benzene ring substituents is 1. The number of carbonyl (C=O) groups is 1. The van der Waals surface area contributed by atoms with Gasteiger partial charge in [0.15, 0.2) is 0 Å². The molecule has 0 aromatic heterocycles. The molecule has 78 valence electrons. The fraction of sp³-hybridized carbons (Fsp3) is 0. The van der Waals surface area contributed by atoms with Gasteiger partial charge in [0.25, 0.3) is 5.69 Å². The number of hydrogen-bond acceptors (Lipinski definition) is 5. The number of carboxylic acids is 1. The third-order valence-corrected chi connectivity index (χ3v) is 1.75. The number of nitrogens with zero attached hydrogens (tertiary/aromatic N) is 1. The van der Waals surface area contributed by atoms with E-state index in [4.69, 9.17) is 15.2 Å². The number of nitro groups is 1. The van der Waals surface area contributed by atoms with Gasteiger partial charge in [0.1, 0.15) is 5.56 Å². The zero-order valence-corrected chi connectivity index (χ0v) is 7.32. The first-order chi connectivity index (χ1) is 6.93. The standard InChI is InChI=1S/C7H6BNO6/c10-7(11)5-3-4(8(12)13)1-2-6(5)9(14)15/h1-3,12-13H,(H,10,11). The van der Waals surface area contributed by atoms with E-state index < -0.39 is 29.3 Å². The third kappa shape index (κ3) is 2.30. The highest BCUT2D eigenvalue weighted by Crippen LogP contribution is 2.16. The van der Waals surface area contributed by atoms with E-state index in [9.17, 15) is 14.9 Å². The van der Waals surface area contributed by atoms with Gasteiger partial charge in [0.2, 0.25) is 0 Å². The van der Waals surface area contributed by atoms with Crippen LogP contribution >= 0.6 is 0 Å². The van der Waals surface area contributed by atoms with E-state index in [-0.39, 0.29) is 5.46 Å². The predicted molar refractivity (Wildman–Crippen MR) is 49.9 cm³/mol. The van der Waals surface area contributed by atoms with Gasteiger partial charge in [-0.3, -0.25) is 10.1 Å². The summed E-state index contributed by atoms with van der Waals surface area (Å²) in [7, 11) is -1.86. The Morgan fingerprint density at radius 3 is 2.40 bits per heavy atom. The van der Waals surface area contributed by atoms with Gasteiger partial charge in [-0.05, 0) is 11.5 Å². The fourth-order valence-corrected chi connectivity index (χ4v) is 1.04. The van der Waals surface area contributed by atoms with Crippen LogP contribution < -0.4 is 5.46 Å². The number of hydrogen-bond donors (Lipinski definition) is 3. The van der Waals surface area contributed by atoms with Crippen molar-refractivity contribution in [3.8, 4) is 0 Å². The average molecular weight is 211 g/mol. The highest BCUT2D eigenvalue weighted by Gasteiger charge is 2.22. The second kappa shape index (κ2) is 4.07. The van der Waals surface area contributed by atoms with E-state index in [2.05, 4.69) is 0 Å². The van der Waals surface area contributed by atoms with Crippen LogP contribution in [0.5, 0.6) is 0 Å². The van der Waals surface area contributed by atoms with Crippen molar-refractivity contribution in [1.29, 1.82) is 0 Å². The molecule has 0 unspecified atom stereocenters. The number of carboxylic acid groups (broad SMARTS) is 1. The smallest absolute Gasteiger partial charge is 0.477 e. The van der Waals surface area contributed by atoms with Gasteiger partial charge in [-0.2, -0.15) is 0 Å². The largest absolute Gasteiger partial charge is 0.488 e. The van der Waals surface area contributed by atoms with E-state index in [1.807, 2.05) is 0 Å². The van der Waals surface area contributed by atoms with Gasteiger partial charge in [-0.25, -0.2) is 4.79 Å². The Kier molecular flexibility index (Phi) is 3.03. The Hall–Kier alpha value is -1.93. The molecule has 0 aliphatic carbocycles. The Bertz CT molecular complexity index is 418. The Morgan fingerprint density at radius 1 is 1.40 bits per heavy atom. The van der Waals surface area contributed by atoms with E-state index in [0.29, 0.717) is 0 Å². The van der Waals surface area contributed by atoms with E-state index in [1.54, 1.807) is 0 Å². The van der Waals surface area contributed by atoms with Gasteiger partial charge in [-0.15, -0.1) is 0 Å². The summed E-state index contributed by atoms with van der Waals surface area (Å²) in [5, 5.41) is 36.6. The van der Waals surface area contributed by atoms with Gasteiger partial charge >= 0.3 is 13.1 Å². The summed E-state index contributed by atoms with van der Waals surface area (Å²) in [5.41, 5.74) is -1.28. The molecule has 1 aromatic rings. The quantitative estimate of drug-likeness (QED) is 0.334. The van der Waals surface area contributed by atoms with Gasteiger partial charge in [0.05, 0.1) is 4.92 Å². The van der Waals surface area contributed by atoms with Crippen molar-refractivity contribution >= 4 is 24.2 Å². The number of rotatable bonds is 3. The number of aromatic carboxylic acids is 1. The van der Waals surface area contributed by atoms with Crippen molar-refractivity contribution in [3.63, 3.8) is 0 Å². The molecule has 0 saturated heterocycles. The molecule has 0 aliphatic rings. The van der Waals surface area contributed by atoms with E-state index in [0.717, 1.165) is 18.2 Å². The molecule has 0 radical (unpaired) electrons. The molecule has 0 saturated carbocycles. The highest BCUT2D eigenvalue weighted by molar-refractivity contribution is 6.58. The monoisotopic (exact) mass is 211 g/mol. The summed E-state index contributed by atoms with van der Waals surface area (Å²) in [4.78, 5) is 20.2. The van der Waals surface area contributed by atoms with Crippen LogP contribution in [-0.2, 0) is 0 Å². The molecule has 0 fully saturated rings. The lowest BCUT2D eigenvalue weighted by molar-refractivity contribution is -0.385. The normalized spacial score (nSPS) is 9.73. The highest BCUT2D eigenvalue weighted by atomic mass is 16.6. The summed E-state index contributed by atoms with van der Waals surface area (Å²) >= 11 is 0. The van der Waals surface area contributed by atoms with Crippen molar-refractivity contribution in [2.75, 3.05) is 0 Å². The minimum absolute atomic E-state index is 0.113. The molecule has 1 aromatic carbocycles. The molecule has 0 bridgehead atoms. The molecule has 3 N–H and O–H groups in total. The van der Waals surface area contributed by atoms with Crippen molar-refractivity contribution in [2.45, 2.75) is 0 Å². The van der Waals surface area contributed by atoms with Gasteiger partial charge in [0, 0.05) is 6.07 Å². The van der Waals surface area contributed by atoms with E-state index in [1.165, 1.54) is 0 Å². The van der Waals surface area contributed by atoms with Crippen LogP contribution in [0, 0.1) is 10.1 Å². The summed E-state index contributed by atoms with van der Waals surface area (Å²) in [6.07, 6.45) is 0. The molecular formula is C7H6BNO6. The van der Waals surface area contributed by atoms with Crippen LogP contribution in [0.3, 0.4) is 0 Å². The van der Waals surface area contributed by atoms with Gasteiger partial charge in [-0.1, -0.05) is 6.07 Å². The SMILES string of the molecule is O=C(O)c1cc(B(O)O)ccc1[N+](=O)[O-]. The predicted octanol–water partition coefficient (Wildman–Crippen LogP) is -1.03. The van der Waals surface area contributed by atoms with Crippen molar-refractivity contribution in [3.05, 3.63) is 33.9 Å². The molecule has 0 amide bonds. The maximum atomic E-state index is 10.6. The zero-order valence-electron chi connectivity index (χ0n) is 7.32. The lowest BCUT2D eigenvalue weighted by Gasteiger charge is -2.01. The third-order valence-electron chi connectivity index (χ3n) is 1.75. The maximum absolute atomic E-state index is 10.6. The minimum atomic E-state index is -1.86. The average Bonchev–Trinajstić information content (AvgIpc) is 2.16. The first-order valence-electron chi connectivity index (χ1n) is 3.81. The summed E-state index contributed by atoms with van der Waals surface area (Å²) in [5.74, 6) is -1.50. The molecule has 8 heteroatoms. The van der Waals surface area contributed by atoms with Crippen molar-refractivity contribution < 1.29 is 24.9 Å². The topological polar surface area (TPSA) is 121 Å². The maximum Gasteiger partial charge on any atom is 0.488 e. The van der Waals surface area contributed by atoms with Crippen molar-refractivity contribution in [1.82, 2.24) is 0 Å². The molecular weight excluding hydrogens is 205 g/mol. The molecule has 1 rings (SSSR count). The molecule has 0 heterocycles. The summed E-state index contributed by atoms with van der Waals surface area (Å²) < 4.78 is 0. The summed E-state index contributed by atoms with van der Waals surface area (Å²) in [6, 6.07) is 2.85. The lowest BCUT2D eigenvalue weighted by Crippen LogP contribution is -2.30. The van der Waals surface area contributed by atoms with Crippen LogP contribution in [0.4, 0.5) is 5.69 Å². The Morgan fingerprint density at radius 2 is 2.00 bits per heavy atom. The second-order valence-electron chi connectivity index (χ2n) is 2.71. The van der Waals surface area contributed by atoms with Crippen molar-refractivity contribution in [2.24, 2.45) is 0 Å². The molecule has 15 heavy (non-hydrogen) atoms. The molecule has 0 spiro atoms. The van der Waals surface area contributed by atoms with E-state index >= 15 is 0 Å². The Balaban J connectivity index is 3.33. The first-order valence-corrected chi connectivity index (χ1v) is 3.81. The Labute approximate surface area is 83.9 Å². The number of benzene rings is 1. The zero-order chi connectivity index (χ0) is 11.6. The first kappa shape index (κ1) is 11.2. The molecule has 7 nitrogen and oxygen atoms in total. The van der Waals surface area contributed by atoms with Crippen LogP contribution in [0.1, 0.15) is 10.4 Å². The fourth-order valence-electron chi connectivity index (χ4n) is 1.04. The van der Waals surface area contributed by atoms with Crippen LogP contribution in [0.2, 0.25) is 0 Å². The molecule has 0 aliphatic heterocycles. The van der Waals surface area contributed by atoms with Gasteiger partial charge < -0.3 is 15.2 Å². The van der Waals surface area contributed by atoms with Crippen LogP contribution in [0.25, 0.3) is 0 Å². The molecule has 0 atom stereocenters.